The number of aromatic nitrogens is 1. The molecule has 0 fully saturated rings. The molecular formula is C19H16ClNO3. The molecule has 0 unspecified atom stereocenters. The molecule has 0 N–H and O–H groups in total. The molecule has 0 aliphatic carbocycles. The quantitative estimate of drug-likeness (QED) is 0.403. The summed E-state index contributed by atoms with van der Waals surface area (Å²) in [6.07, 6.45) is 4.71. The largest absolute Gasteiger partial charge is 0.496 e. The molecular weight excluding hydrogens is 326 g/mol. The van der Waals surface area contributed by atoms with Crippen LogP contribution in [0.15, 0.2) is 66.9 Å². The monoisotopic (exact) mass is 341 g/mol. The van der Waals surface area contributed by atoms with E-state index < -0.39 is 5.97 Å². The molecule has 0 amide bonds. The Bertz CT molecular complexity index is 872. The number of fused-ring (bicyclic) bond motifs is 1. The van der Waals surface area contributed by atoms with E-state index >= 15 is 0 Å². The first-order valence-corrected chi connectivity index (χ1v) is 7.14. The molecule has 0 radical (unpaired) electrons. The average Bonchev–Trinajstić information content (AvgIpc) is 2.60. The van der Waals surface area contributed by atoms with E-state index in [-0.39, 0.29) is 12.4 Å². The summed E-state index contributed by atoms with van der Waals surface area (Å²) in [5.41, 5.74) is 1.47. The standard InChI is InChI=1S/C19H15NO3.ClH/c1-22-16-9-3-2-6-14(16)11-12-18(21)23-17-10-4-7-15-8-5-13-20-19(15)17;/h2-13H,1H3;1H. The van der Waals surface area contributed by atoms with Crippen LogP contribution < -0.4 is 9.47 Å². The van der Waals surface area contributed by atoms with E-state index in [1.807, 2.05) is 48.5 Å². The lowest BCUT2D eigenvalue weighted by Gasteiger charge is -2.05. The summed E-state index contributed by atoms with van der Waals surface area (Å²) in [5, 5.41) is 0.923. The molecule has 122 valence electrons. The maximum atomic E-state index is 12.1. The molecule has 0 aliphatic heterocycles. The van der Waals surface area contributed by atoms with Gasteiger partial charge >= 0.3 is 5.97 Å². The summed E-state index contributed by atoms with van der Waals surface area (Å²) in [6.45, 7) is 0. The molecule has 1 heterocycles. The van der Waals surface area contributed by atoms with Crippen LogP contribution in [0.25, 0.3) is 17.0 Å². The predicted octanol–water partition coefficient (Wildman–Crippen LogP) is 4.28. The highest BCUT2D eigenvalue weighted by molar-refractivity contribution is 5.92. The number of hydrogen-bond acceptors (Lipinski definition) is 4. The van der Waals surface area contributed by atoms with Gasteiger partial charge in [0.05, 0.1) is 7.11 Å². The molecule has 3 aromatic rings. The smallest absolute Gasteiger partial charge is 0.336 e. The second-order valence-electron chi connectivity index (χ2n) is 4.83. The molecule has 0 atom stereocenters. The van der Waals surface area contributed by atoms with Crippen LogP contribution in [-0.2, 0) is 4.79 Å². The fourth-order valence-electron chi connectivity index (χ4n) is 2.26. The van der Waals surface area contributed by atoms with Gasteiger partial charge in [-0.25, -0.2) is 4.79 Å². The SMILES string of the molecule is COc1ccccc1C=CC(=O)Oc1cccc2cccnc12.Cl. The van der Waals surface area contributed by atoms with Crippen LogP contribution >= 0.6 is 12.4 Å². The number of carbonyl (C=O) groups excluding carboxylic acids is 1. The first kappa shape index (κ1) is 17.5. The fraction of sp³-hybridized carbons (Fsp3) is 0.0526. The van der Waals surface area contributed by atoms with Crippen molar-refractivity contribution < 1.29 is 14.3 Å². The third-order valence-corrected chi connectivity index (χ3v) is 3.34. The molecule has 1 aromatic heterocycles. The summed E-state index contributed by atoms with van der Waals surface area (Å²) >= 11 is 0. The van der Waals surface area contributed by atoms with E-state index in [9.17, 15) is 4.79 Å². The lowest BCUT2D eigenvalue weighted by atomic mass is 10.2. The first-order valence-electron chi connectivity index (χ1n) is 7.14. The molecule has 0 aliphatic rings. The van der Waals surface area contributed by atoms with Gasteiger partial charge in [-0.2, -0.15) is 0 Å². The van der Waals surface area contributed by atoms with Crippen molar-refractivity contribution >= 4 is 35.4 Å². The first-order chi connectivity index (χ1) is 11.3. The number of esters is 1. The zero-order chi connectivity index (χ0) is 16.1. The molecule has 2 aromatic carbocycles. The zero-order valence-corrected chi connectivity index (χ0v) is 13.8. The van der Waals surface area contributed by atoms with Crippen molar-refractivity contribution in [3.63, 3.8) is 0 Å². The van der Waals surface area contributed by atoms with Gasteiger partial charge in [-0.15, -0.1) is 12.4 Å². The van der Waals surface area contributed by atoms with Crippen LogP contribution in [0.5, 0.6) is 11.5 Å². The molecule has 24 heavy (non-hydrogen) atoms. The number of para-hydroxylation sites is 2. The van der Waals surface area contributed by atoms with Crippen molar-refractivity contribution in [2.45, 2.75) is 0 Å². The van der Waals surface area contributed by atoms with Gasteiger partial charge in [0.25, 0.3) is 0 Å². The van der Waals surface area contributed by atoms with Crippen LogP contribution in [0.1, 0.15) is 5.56 Å². The maximum Gasteiger partial charge on any atom is 0.336 e. The van der Waals surface area contributed by atoms with Gasteiger partial charge in [-0.1, -0.05) is 36.4 Å². The van der Waals surface area contributed by atoms with Crippen LogP contribution in [0.4, 0.5) is 0 Å². The number of rotatable bonds is 4. The number of pyridine rings is 1. The van der Waals surface area contributed by atoms with Gasteiger partial charge in [0, 0.05) is 23.2 Å². The highest BCUT2D eigenvalue weighted by Crippen LogP contribution is 2.23. The van der Waals surface area contributed by atoms with Crippen LogP contribution in [0.3, 0.4) is 0 Å². The van der Waals surface area contributed by atoms with Crippen LogP contribution in [0.2, 0.25) is 0 Å². The Morgan fingerprint density at radius 1 is 1.00 bits per heavy atom. The number of ether oxygens (including phenoxy) is 2. The minimum absolute atomic E-state index is 0. The normalized spacial score (nSPS) is 10.4. The number of hydrogen-bond donors (Lipinski definition) is 0. The summed E-state index contributed by atoms with van der Waals surface area (Å²) in [7, 11) is 1.59. The van der Waals surface area contributed by atoms with E-state index in [0.717, 1.165) is 10.9 Å². The van der Waals surface area contributed by atoms with Crippen molar-refractivity contribution in [3.8, 4) is 11.5 Å². The Morgan fingerprint density at radius 3 is 2.58 bits per heavy atom. The maximum absolute atomic E-state index is 12.1. The third-order valence-electron chi connectivity index (χ3n) is 3.34. The lowest BCUT2D eigenvalue weighted by molar-refractivity contribution is -0.128. The third kappa shape index (κ3) is 3.91. The number of nitrogens with zero attached hydrogens (tertiary/aromatic N) is 1. The van der Waals surface area contributed by atoms with Crippen molar-refractivity contribution in [1.82, 2.24) is 4.98 Å². The Labute approximate surface area is 146 Å². The molecule has 5 heteroatoms. The molecule has 0 saturated heterocycles. The van der Waals surface area contributed by atoms with E-state index in [1.165, 1.54) is 6.08 Å². The van der Waals surface area contributed by atoms with E-state index in [4.69, 9.17) is 9.47 Å². The van der Waals surface area contributed by atoms with Crippen molar-refractivity contribution in [2.24, 2.45) is 0 Å². The fourth-order valence-corrected chi connectivity index (χ4v) is 2.26. The number of carbonyl (C=O) groups is 1. The van der Waals surface area contributed by atoms with Gasteiger partial charge in [0.2, 0.25) is 0 Å². The van der Waals surface area contributed by atoms with Crippen molar-refractivity contribution in [2.75, 3.05) is 7.11 Å². The second-order valence-corrected chi connectivity index (χ2v) is 4.83. The Hall–Kier alpha value is -2.85. The molecule has 0 bridgehead atoms. The van der Waals surface area contributed by atoms with Gasteiger partial charge in [0.1, 0.15) is 11.3 Å². The summed E-state index contributed by atoms with van der Waals surface area (Å²) in [5.74, 6) is 0.676. The average molecular weight is 342 g/mol. The van der Waals surface area contributed by atoms with Gasteiger partial charge in [-0.3, -0.25) is 4.98 Å². The van der Waals surface area contributed by atoms with Crippen LogP contribution in [-0.4, -0.2) is 18.1 Å². The highest BCUT2D eigenvalue weighted by atomic mass is 35.5. The number of methoxy groups -OCH3 is 1. The molecule has 0 saturated carbocycles. The van der Waals surface area contributed by atoms with E-state index in [2.05, 4.69) is 4.98 Å². The summed E-state index contributed by atoms with van der Waals surface area (Å²) < 4.78 is 10.6. The number of halogens is 1. The van der Waals surface area contributed by atoms with Gasteiger partial charge < -0.3 is 9.47 Å². The Kier molecular flexibility index (Phi) is 5.93. The molecule has 3 rings (SSSR count). The predicted molar refractivity (Wildman–Crippen MR) is 96.7 cm³/mol. The van der Waals surface area contributed by atoms with E-state index in [1.54, 1.807) is 25.4 Å². The van der Waals surface area contributed by atoms with Crippen LogP contribution in [0, 0.1) is 0 Å². The summed E-state index contributed by atoms with van der Waals surface area (Å²) in [6, 6.07) is 16.7. The lowest BCUT2D eigenvalue weighted by Crippen LogP contribution is -2.04. The molecule has 4 nitrogen and oxygen atoms in total. The Morgan fingerprint density at radius 2 is 1.75 bits per heavy atom. The minimum atomic E-state index is -0.464. The topological polar surface area (TPSA) is 48.4 Å². The second kappa shape index (κ2) is 8.13. The van der Waals surface area contributed by atoms with Crippen molar-refractivity contribution in [1.29, 1.82) is 0 Å². The molecule has 0 spiro atoms. The minimum Gasteiger partial charge on any atom is -0.496 e. The highest BCUT2D eigenvalue weighted by Gasteiger charge is 2.06. The Balaban J connectivity index is 0.00000208. The van der Waals surface area contributed by atoms with E-state index in [0.29, 0.717) is 17.0 Å². The van der Waals surface area contributed by atoms with Gasteiger partial charge in [-0.05, 0) is 24.3 Å². The van der Waals surface area contributed by atoms with Gasteiger partial charge in [0.15, 0.2) is 5.75 Å². The zero-order valence-electron chi connectivity index (χ0n) is 13.0. The van der Waals surface area contributed by atoms with Crippen molar-refractivity contribution in [3.05, 3.63) is 72.4 Å². The summed E-state index contributed by atoms with van der Waals surface area (Å²) in [4.78, 5) is 16.3. The number of benzene rings is 2.